The number of rotatable bonds is 5. The summed E-state index contributed by atoms with van der Waals surface area (Å²) in [5, 5.41) is 8.51. The Morgan fingerprint density at radius 2 is 2.16 bits per heavy atom. The van der Waals surface area contributed by atoms with Gasteiger partial charge in [-0.25, -0.2) is 9.97 Å². The molecule has 0 unspecified atom stereocenters. The topological polar surface area (TPSA) is 57.7 Å². The number of hydrogen-bond donors (Lipinski definition) is 0. The van der Waals surface area contributed by atoms with Crippen LogP contribution in [0, 0.1) is 11.3 Å². The van der Waals surface area contributed by atoms with E-state index in [9.17, 15) is 0 Å². The number of aryl methyl sites for hydroxylation is 1. The zero-order chi connectivity index (χ0) is 13.7. The summed E-state index contributed by atoms with van der Waals surface area (Å²) >= 11 is 0. The molecule has 0 bridgehead atoms. The van der Waals surface area contributed by atoms with Crippen molar-refractivity contribution in [3.05, 3.63) is 30.9 Å². The Hall–Kier alpha value is -2.35. The number of aromatic nitrogens is 3. The van der Waals surface area contributed by atoms with E-state index in [1.54, 1.807) is 6.33 Å². The maximum atomic E-state index is 8.51. The van der Waals surface area contributed by atoms with E-state index in [4.69, 9.17) is 5.26 Å². The van der Waals surface area contributed by atoms with Gasteiger partial charge >= 0.3 is 0 Å². The molecule has 98 valence electrons. The Labute approximate surface area is 113 Å². The molecule has 0 aliphatic rings. The van der Waals surface area contributed by atoms with Gasteiger partial charge in [0.25, 0.3) is 0 Å². The number of nitrogens with zero attached hydrogens (tertiary/aromatic N) is 5. The highest BCUT2D eigenvalue weighted by Gasteiger charge is 2.04. The summed E-state index contributed by atoms with van der Waals surface area (Å²) in [6.45, 7) is 0.823. The third kappa shape index (κ3) is 3.32. The molecule has 0 aromatic carbocycles. The minimum absolute atomic E-state index is 0.576. The van der Waals surface area contributed by atoms with E-state index < -0.39 is 0 Å². The Morgan fingerprint density at radius 3 is 2.79 bits per heavy atom. The predicted molar refractivity (Wildman–Crippen MR) is 74.6 cm³/mol. The maximum Gasteiger partial charge on any atom is 0.127 e. The molecular weight excluding hydrogens is 238 g/mol. The van der Waals surface area contributed by atoms with Gasteiger partial charge in [0.05, 0.1) is 18.1 Å². The molecule has 2 aromatic rings. The Morgan fingerprint density at radius 1 is 1.32 bits per heavy atom. The fourth-order valence-electron chi connectivity index (χ4n) is 1.77. The molecule has 0 N–H and O–H groups in total. The van der Waals surface area contributed by atoms with Crippen molar-refractivity contribution in [2.45, 2.75) is 19.4 Å². The number of anilines is 1. The normalized spacial score (nSPS) is 10.2. The lowest BCUT2D eigenvalue weighted by Crippen LogP contribution is -2.09. The first-order valence-corrected chi connectivity index (χ1v) is 6.23. The fourth-order valence-corrected chi connectivity index (χ4v) is 1.77. The Bertz CT molecular complexity index is 562. The van der Waals surface area contributed by atoms with E-state index in [0.29, 0.717) is 6.42 Å². The average molecular weight is 255 g/mol. The molecular formula is C14H17N5. The van der Waals surface area contributed by atoms with Crippen LogP contribution in [0.5, 0.6) is 0 Å². The maximum absolute atomic E-state index is 8.51. The van der Waals surface area contributed by atoms with Crippen LogP contribution in [0.1, 0.15) is 12.8 Å². The average Bonchev–Trinajstić information content (AvgIpc) is 2.88. The van der Waals surface area contributed by atoms with Gasteiger partial charge in [-0.1, -0.05) is 0 Å². The van der Waals surface area contributed by atoms with Crippen LogP contribution in [0.3, 0.4) is 0 Å². The number of imidazole rings is 1. The molecule has 2 heterocycles. The molecule has 0 saturated carbocycles. The first-order chi connectivity index (χ1) is 9.20. The second-order valence-electron chi connectivity index (χ2n) is 4.56. The zero-order valence-corrected chi connectivity index (χ0v) is 11.2. The minimum Gasteiger partial charge on any atom is -0.363 e. The van der Waals surface area contributed by atoms with Crippen molar-refractivity contribution in [3.63, 3.8) is 0 Å². The highest BCUT2D eigenvalue weighted by molar-refractivity contribution is 5.59. The van der Waals surface area contributed by atoms with Crippen LogP contribution >= 0.6 is 0 Å². The highest BCUT2D eigenvalue weighted by Crippen LogP contribution is 2.18. The zero-order valence-electron chi connectivity index (χ0n) is 11.2. The van der Waals surface area contributed by atoms with Crippen LogP contribution in [0.2, 0.25) is 0 Å². The van der Waals surface area contributed by atoms with Crippen molar-refractivity contribution in [1.82, 2.24) is 14.5 Å². The molecule has 0 fully saturated rings. The van der Waals surface area contributed by atoms with Crippen LogP contribution in [-0.4, -0.2) is 28.6 Å². The summed E-state index contributed by atoms with van der Waals surface area (Å²) in [5.74, 6) is 0.928. The van der Waals surface area contributed by atoms with Gasteiger partial charge in [0, 0.05) is 45.0 Å². The molecule has 0 aliphatic carbocycles. The molecule has 2 rings (SSSR count). The molecule has 0 atom stereocenters. The number of unbranched alkanes of at least 4 members (excludes halogenated alkanes) is 1. The van der Waals surface area contributed by atoms with Crippen molar-refractivity contribution >= 4 is 5.82 Å². The van der Waals surface area contributed by atoms with E-state index in [0.717, 1.165) is 30.0 Å². The molecule has 5 nitrogen and oxygen atoms in total. The summed E-state index contributed by atoms with van der Waals surface area (Å²) in [6.07, 6.45) is 7.05. The van der Waals surface area contributed by atoms with Gasteiger partial charge in [-0.3, -0.25) is 0 Å². The lowest BCUT2D eigenvalue weighted by atomic mass is 10.2. The molecule has 19 heavy (non-hydrogen) atoms. The van der Waals surface area contributed by atoms with Crippen LogP contribution in [0.25, 0.3) is 11.3 Å². The molecule has 0 spiro atoms. The second-order valence-corrected chi connectivity index (χ2v) is 4.56. The molecule has 2 aromatic heterocycles. The molecule has 0 aliphatic heterocycles. The van der Waals surface area contributed by atoms with Gasteiger partial charge < -0.3 is 9.47 Å². The van der Waals surface area contributed by atoms with Crippen molar-refractivity contribution in [2.24, 2.45) is 0 Å². The van der Waals surface area contributed by atoms with Crippen molar-refractivity contribution in [1.29, 1.82) is 5.26 Å². The summed E-state index contributed by atoms with van der Waals surface area (Å²) in [7, 11) is 3.93. The SMILES string of the molecule is CN(C)c1ccc(-c2cn(CCCC#N)cn2)cn1. The summed E-state index contributed by atoms with van der Waals surface area (Å²) in [6, 6.07) is 6.14. The first-order valence-electron chi connectivity index (χ1n) is 6.23. The van der Waals surface area contributed by atoms with Crippen LogP contribution in [0.4, 0.5) is 5.82 Å². The lowest BCUT2D eigenvalue weighted by Gasteiger charge is -2.10. The van der Waals surface area contributed by atoms with Gasteiger partial charge in [-0.15, -0.1) is 0 Å². The molecule has 5 heteroatoms. The molecule has 0 radical (unpaired) electrons. The standard InChI is InChI=1S/C14H17N5/c1-18(2)14-6-5-12(9-16-14)13-10-19(11-17-13)8-4-3-7-15/h5-6,9-11H,3-4,8H2,1-2H3. The van der Waals surface area contributed by atoms with Gasteiger partial charge in [0.1, 0.15) is 5.82 Å². The van der Waals surface area contributed by atoms with Gasteiger partial charge in [-0.2, -0.15) is 5.26 Å². The van der Waals surface area contributed by atoms with Crippen LogP contribution in [0.15, 0.2) is 30.9 Å². The number of nitriles is 1. The number of pyridine rings is 1. The second kappa shape index (κ2) is 6.01. The highest BCUT2D eigenvalue weighted by atomic mass is 15.1. The predicted octanol–water partition coefficient (Wildman–Crippen LogP) is 2.31. The third-order valence-electron chi connectivity index (χ3n) is 2.84. The largest absolute Gasteiger partial charge is 0.363 e. The van der Waals surface area contributed by atoms with Crippen molar-refractivity contribution < 1.29 is 0 Å². The van der Waals surface area contributed by atoms with E-state index in [1.807, 2.05) is 48.1 Å². The van der Waals surface area contributed by atoms with Crippen molar-refractivity contribution in [2.75, 3.05) is 19.0 Å². The molecule has 0 amide bonds. The smallest absolute Gasteiger partial charge is 0.127 e. The molecule has 0 saturated heterocycles. The monoisotopic (exact) mass is 255 g/mol. The fraction of sp³-hybridized carbons (Fsp3) is 0.357. The quantitative estimate of drug-likeness (QED) is 0.769. The minimum atomic E-state index is 0.576. The van der Waals surface area contributed by atoms with Gasteiger partial charge in [0.2, 0.25) is 0 Å². The van der Waals surface area contributed by atoms with E-state index in [-0.39, 0.29) is 0 Å². The third-order valence-corrected chi connectivity index (χ3v) is 2.84. The van der Waals surface area contributed by atoms with E-state index in [2.05, 4.69) is 16.0 Å². The lowest BCUT2D eigenvalue weighted by molar-refractivity contribution is 0.653. The van der Waals surface area contributed by atoms with Crippen LogP contribution in [-0.2, 0) is 6.54 Å². The summed E-state index contributed by atoms with van der Waals surface area (Å²) in [4.78, 5) is 10.7. The van der Waals surface area contributed by atoms with Gasteiger partial charge in [-0.05, 0) is 18.6 Å². The summed E-state index contributed by atoms with van der Waals surface area (Å²) < 4.78 is 2.01. The first kappa shape index (κ1) is 13.1. The van der Waals surface area contributed by atoms with Crippen molar-refractivity contribution in [3.8, 4) is 17.3 Å². The van der Waals surface area contributed by atoms with Gasteiger partial charge in [0.15, 0.2) is 0 Å². The van der Waals surface area contributed by atoms with E-state index in [1.165, 1.54) is 0 Å². The Kier molecular flexibility index (Phi) is 4.14. The Balaban J connectivity index is 2.07. The number of hydrogen-bond acceptors (Lipinski definition) is 4. The van der Waals surface area contributed by atoms with E-state index >= 15 is 0 Å². The van der Waals surface area contributed by atoms with Crippen LogP contribution < -0.4 is 4.90 Å². The summed E-state index contributed by atoms with van der Waals surface area (Å²) in [5.41, 5.74) is 1.92.